The van der Waals surface area contributed by atoms with Crippen molar-refractivity contribution < 1.29 is 22.7 Å². The molecule has 0 saturated carbocycles. The molecule has 0 radical (unpaired) electrons. The number of fused-ring (bicyclic) bond motifs is 1. The number of Topliss-reactive ketones (excluding diaryl/α,β-unsaturated/α-hetero) is 1. The Morgan fingerprint density at radius 3 is 2.21 bits per heavy atom. The number of alkyl halides is 3. The minimum absolute atomic E-state index is 0.0673. The fraction of sp³-hybridized carbons (Fsp3) is 0.0870. The lowest BCUT2D eigenvalue weighted by Crippen LogP contribution is -2.24. The van der Waals surface area contributed by atoms with Crippen molar-refractivity contribution in [3.05, 3.63) is 107 Å². The quantitative estimate of drug-likeness (QED) is 0.502. The normalized spacial score (nSPS) is 17.9. The van der Waals surface area contributed by atoms with Crippen molar-refractivity contribution in [1.82, 2.24) is 0 Å². The predicted molar refractivity (Wildman–Crippen MR) is 100 cm³/mol. The first-order chi connectivity index (χ1) is 13.4. The molecule has 1 atom stereocenters. The number of carbonyl (C=O) groups is 1. The number of halogens is 3. The van der Waals surface area contributed by atoms with Gasteiger partial charge in [-0.15, -0.1) is 0 Å². The van der Waals surface area contributed by atoms with Crippen LogP contribution in [-0.4, -0.2) is 5.78 Å². The molecule has 0 unspecified atom stereocenters. The SMILES string of the molecule is O=C1/C(=C/c2ccccc2C(F)(F)F)[C@H](c2ccccc2)Oc2ccccc21. The van der Waals surface area contributed by atoms with Crippen LogP contribution >= 0.6 is 0 Å². The van der Waals surface area contributed by atoms with Gasteiger partial charge in [0, 0.05) is 5.57 Å². The van der Waals surface area contributed by atoms with E-state index in [1.165, 1.54) is 24.3 Å². The standard InChI is InChI=1S/C23H15F3O2/c24-23(25,26)19-12-6-4-10-16(19)14-18-21(27)17-11-5-7-13-20(17)28-22(18)15-8-2-1-3-9-15/h1-14,22H/b18-14-/t22-/m0/s1. The Morgan fingerprint density at radius 1 is 0.821 bits per heavy atom. The molecule has 0 aliphatic carbocycles. The third-order valence-corrected chi connectivity index (χ3v) is 4.60. The van der Waals surface area contributed by atoms with Gasteiger partial charge in [-0.05, 0) is 35.4 Å². The Bertz CT molecular complexity index is 1050. The monoisotopic (exact) mass is 380 g/mol. The van der Waals surface area contributed by atoms with E-state index in [0.29, 0.717) is 16.9 Å². The Balaban J connectivity index is 1.90. The highest BCUT2D eigenvalue weighted by atomic mass is 19.4. The maximum Gasteiger partial charge on any atom is 0.416 e. The van der Waals surface area contributed by atoms with Gasteiger partial charge in [-0.25, -0.2) is 0 Å². The van der Waals surface area contributed by atoms with Gasteiger partial charge in [0.05, 0.1) is 11.1 Å². The number of para-hydroxylation sites is 1. The molecular formula is C23H15F3O2. The predicted octanol–water partition coefficient (Wildman–Crippen LogP) is 6.11. The second-order valence-corrected chi connectivity index (χ2v) is 6.42. The van der Waals surface area contributed by atoms with Crippen LogP contribution in [0.5, 0.6) is 5.75 Å². The Labute approximate surface area is 159 Å². The Kier molecular flexibility index (Phi) is 4.51. The third-order valence-electron chi connectivity index (χ3n) is 4.60. The summed E-state index contributed by atoms with van der Waals surface area (Å²) in [6.45, 7) is 0. The lowest BCUT2D eigenvalue weighted by molar-refractivity contribution is -0.137. The molecule has 3 aromatic carbocycles. The number of hydrogen-bond donors (Lipinski definition) is 0. The van der Waals surface area contributed by atoms with Crippen molar-refractivity contribution in [3.8, 4) is 5.75 Å². The van der Waals surface area contributed by atoms with E-state index in [-0.39, 0.29) is 16.9 Å². The van der Waals surface area contributed by atoms with Gasteiger partial charge in [-0.3, -0.25) is 4.79 Å². The maximum atomic E-state index is 13.4. The highest BCUT2D eigenvalue weighted by Crippen LogP contribution is 2.40. The number of ether oxygens (including phenoxy) is 1. The van der Waals surface area contributed by atoms with Gasteiger partial charge in [-0.1, -0.05) is 60.7 Å². The summed E-state index contributed by atoms with van der Waals surface area (Å²) in [5, 5.41) is 0. The van der Waals surface area contributed by atoms with E-state index in [1.807, 2.05) is 6.07 Å². The average Bonchev–Trinajstić information content (AvgIpc) is 2.70. The zero-order valence-corrected chi connectivity index (χ0v) is 14.6. The fourth-order valence-corrected chi connectivity index (χ4v) is 3.29. The van der Waals surface area contributed by atoms with Gasteiger partial charge >= 0.3 is 6.18 Å². The first-order valence-corrected chi connectivity index (χ1v) is 8.68. The molecule has 0 amide bonds. The molecule has 140 valence electrons. The second-order valence-electron chi connectivity index (χ2n) is 6.42. The lowest BCUT2D eigenvalue weighted by Gasteiger charge is -2.28. The average molecular weight is 380 g/mol. The molecule has 1 aliphatic rings. The third kappa shape index (κ3) is 3.31. The van der Waals surface area contributed by atoms with Crippen LogP contribution in [0.2, 0.25) is 0 Å². The van der Waals surface area contributed by atoms with E-state index in [1.54, 1.807) is 48.5 Å². The van der Waals surface area contributed by atoms with Crippen molar-refractivity contribution in [2.45, 2.75) is 12.3 Å². The molecule has 0 saturated heterocycles. The fourth-order valence-electron chi connectivity index (χ4n) is 3.29. The first-order valence-electron chi connectivity index (χ1n) is 8.68. The van der Waals surface area contributed by atoms with Gasteiger partial charge in [0.25, 0.3) is 0 Å². The summed E-state index contributed by atoms with van der Waals surface area (Å²) in [5.74, 6) is 0.0790. The molecule has 0 aromatic heterocycles. The van der Waals surface area contributed by atoms with Crippen molar-refractivity contribution in [3.63, 3.8) is 0 Å². The molecular weight excluding hydrogens is 365 g/mol. The highest BCUT2D eigenvalue weighted by Gasteiger charge is 2.35. The van der Waals surface area contributed by atoms with E-state index in [2.05, 4.69) is 0 Å². The largest absolute Gasteiger partial charge is 0.480 e. The van der Waals surface area contributed by atoms with Gasteiger partial charge in [0.1, 0.15) is 5.75 Å². The Morgan fingerprint density at radius 2 is 1.46 bits per heavy atom. The summed E-state index contributed by atoms with van der Waals surface area (Å²) in [4.78, 5) is 13.1. The zero-order valence-electron chi connectivity index (χ0n) is 14.6. The summed E-state index contributed by atoms with van der Waals surface area (Å²) >= 11 is 0. The molecule has 0 spiro atoms. The van der Waals surface area contributed by atoms with E-state index >= 15 is 0 Å². The summed E-state index contributed by atoms with van der Waals surface area (Å²) in [7, 11) is 0. The van der Waals surface area contributed by atoms with E-state index in [4.69, 9.17) is 4.74 Å². The van der Waals surface area contributed by atoms with Crippen LogP contribution in [0.4, 0.5) is 13.2 Å². The van der Waals surface area contributed by atoms with Gasteiger partial charge < -0.3 is 4.74 Å². The van der Waals surface area contributed by atoms with E-state index in [9.17, 15) is 18.0 Å². The maximum absolute atomic E-state index is 13.4. The van der Waals surface area contributed by atoms with Crippen LogP contribution in [0, 0.1) is 0 Å². The van der Waals surface area contributed by atoms with Crippen molar-refractivity contribution in [1.29, 1.82) is 0 Å². The molecule has 3 aromatic rings. The molecule has 0 fully saturated rings. The zero-order chi connectivity index (χ0) is 19.7. The number of ketones is 1. The van der Waals surface area contributed by atoms with E-state index < -0.39 is 17.8 Å². The topological polar surface area (TPSA) is 26.3 Å². The molecule has 1 heterocycles. The molecule has 0 bridgehead atoms. The molecule has 2 nitrogen and oxygen atoms in total. The van der Waals surface area contributed by atoms with Gasteiger partial charge in [0.15, 0.2) is 11.9 Å². The number of rotatable bonds is 2. The van der Waals surface area contributed by atoms with Crippen molar-refractivity contribution in [2.75, 3.05) is 0 Å². The molecule has 5 heteroatoms. The summed E-state index contributed by atoms with van der Waals surface area (Å²) in [6.07, 6.45) is -4.02. The van der Waals surface area contributed by atoms with Crippen molar-refractivity contribution >= 4 is 11.9 Å². The van der Waals surface area contributed by atoms with Crippen LogP contribution < -0.4 is 4.74 Å². The minimum atomic E-state index is -4.52. The first kappa shape index (κ1) is 18.0. The molecule has 0 N–H and O–H groups in total. The van der Waals surface area contributed by atoms with Crippen LogP contribution in [-0.2, 0) is 6.18 Å². The van der Waals surface area contributed by atoms with Crippen LogP contribution in [0.25, 0.3) is 6.08 Å². The van der Waals surface area contributed by atoms with E-state index in [0.717, 1.165) is 6.07 Å². The number of hydrogen-bond acceptors (Lipinski definition) is 2. The van der Waals surface area contributed by atoms with Crippen LogP contribution in [0.3, 0.4) is 0 Å². The Hall–Kier alpha value is -3.34. The van der Waals surface area contributed by atoms with Crippen LogP contribution in [0.1, 0.15) is 33.2 Å². The highest BCUT2D eigenvalue weighted by molar-refractivity contribution is 6.14. The van der Waals surface area contributed by atoms with Crippen molar-refractivity contribution in [2.24, 2.45) is 0 Å². The molecule has 1 aliphatic heterocycles. The minimum Gasteiger partial charge on any atom is -0.480 e. The number of carbonyl (C=O) groups excluding carboxylic acids is 1. The summed E-state index contributed by atoms with van der Waals surface area (Å²) in [6, 6.07) is 20.9. The lowest BCUT2D eigenvalue weighted by atomic mass is 9.89. The van der Waals surface area contributed by atoms with Gasteiger partial charge in [-0.2, -0.15) is 13.2 Å². The molecule has 4 rings (SSSR count). The van der Waals surface area contributed by atoms with Crippen LogP contribution in [0.15, 0.2) is 84.4 Å². The summed E-state index contributed by atoms with van der Waals surface area (Å²) < 4.78 is 46.3. The second kappa shape index (κ2) is 7.00. The number of benzene rings is 3. The smallest absolute Gasteiger partial charge is 0.416 e. The molecule has 28 heavy (non-hydrogen) atoms. The van der Waals surface area contributed by atoms with Gasteiger partial charge in [0.2, 0.25) is 0 Å². The summed E-state index contributed by atoms with van der Waals surface area (Å²) in [5.41, 5.74) is 0.344.